The molecule has 0 N–H and O–H groups in total. The Morgan fingerprint density at radius 2 is 1.00 bits per heavy atom. The highest BCUT2D eigenvalue weighted by atomic mass is 14.0. The highest BCUT2D eigenvalue weighted by Gasteiger charge is 1.94. The number of aryl methyl sites for hydroxylation is 2. The van der Waals surface area contributed by atoms with Crippen LogP contribution in [0.25, 0.3) is 21.9 Å². The van der Waals surface area contributed by atoms with E-state index in [0.717, 1.165) is 0 Å². The Morgan fingerprint density at radius 3 is 1.65 bits per heavy atom. The van der Waals surface area contributed by atoms with E-state index in [0.29, 0.717) is 0 Å². The van der Waals surface area contributed by atoms with Crippen molar-refractivity contribution < 1.29 is 0 Å². The van der Waals surface area contributed by atoms with Crippen molar-refractivity contribution in [1.82, 2.24) is 0 Å². The van der Waals surface area contributed by atoms with Crippen molar-refractivity contribution in [1.29, 1.82) is 0 Å². The smallest absolute Gasteiger partial charge is 0.0155 e. The summed E-state index contributed by atoms with van der Waals surface area (Å²) in [6.07, 6.45) is 0. The molecule has 4 rings (SSSR count). The molecule has 132 valence electrons. The molecule has 0 amide bonds. The minimum Gasteiger partial charge on any atom is -0.0683 e. The van der Waals surface area contributed by atoms with Crippen LogP contribution in [0.3, 0.4) is 0 Å². The quantitative estimate of drug-likeness (QED) is 0.331. The van der Waals surface area contributed by atoms with E-state index >= 15 is 0 Å². The largest absolute Gasteiger partial charge is 0.0683 e. The maximum atomic E-state index is 2.16. The zero-order valence-electron chi connectivity index (χ0n) is 16.2. The minimum absolute atomic E-state index is 1.28. The van der Waals surface area contributed by atoms with Gasteiger partial charge in [-0.1, -0.05) is 116 Å². The van der Waals surface area contributed by atoms with Crippen LogP contribution in [0.5, 0.6) is 0 Å². The van der Waals surface area contributed by atoms with Gasteiger partial charge in [0.1, 0.15) is 0 Å². The molecule has 0 heterocycles. The lowest BCUT2D eigenvalue weighted by molar-refractivity contribution is 1.47. The van der Waals surface area contributed by atoms with E-state index in [4.69, 9.17) is 0 Å². The summed E-state index contributed by atoms with van der Waals surface area (Å²) < 4.78 is 0. The van der Waals surface area contributed by atoms with Crippen molar-refractivity contribution in [2.75, 3.05) is 0 Å². The molecular formula is C26H28. The van der Waals surface area contributed by atoms with Crippen LogP contribution >= 0.6 is 0 Å². The highest BCUT2D eigenvalue weighted by molar-refractivity contribution is 5.85. The van der Waals surface area contributed by atoms with Gasteiger partial charge in [-0.05, 0) is 41.3 Å². The lowest BCUT2D eigenvalue weighted by atomic mass is 10.0. The Morgan fingerprint density at radius 1 is 0.462 bits per heavy atom. The molecule has 4 aromatic rings. The first-order chi connectivity index (χ1) is 12.7. The third-order valence-electron chi connectivity index (χ3n) is 4.17. The van der Waals surface area contributed by atoms with Gasteiger partial charge in [-0.15, -0.1) is 0 Å². The summed E-state index contributed by atoms with van der Waals surface area (Å²) in [5, 5.41) is 2.68. The van der Waals surface area contributed by atoms with Crippen LogP contribution < -0.4 is 0 Å². The van der Waals surface area contributed by atoms with Crippen molar-refractivity contribution in [3.05, 3.63) is 108 Å². The highest BCUT2D eigenvalue weighted by Crippen LogP contribution is 2.18. The van der Waals surface area contributed by atoms with Crippen molar-refractivity contribution in [2.45, 2.75) is 27.7 Å². The summed E-state index contributed by atoms with van der Waals surface area (Å²) in [5.41, 5.74) is 5.22. The Bertz CT molecular complexity index is 898. The van der Waals surface area contributed by atoms with Crippen LogP contribution in [-0.2, 0) is 0 Å². The third-order valence-corrected chi connectivity index (χ3v) is 4.17. The molecule has 0 nitrogen and oxygen atoms in total. The maximum Gasteiger partial charge on any atom is -0.0155 e. The summed E-state index contributed by atoms with van der Waals surface area (Å²) in [4.78, 5) is 0. The predicted molar refractivity (Wildman–Crippen MR) is 117 cm³/mol. The fourth-order valence-electron chi connectivity index (χ4n) is 2.76. The van der Waals surface area contributed by atoms with Gasteiger partial charge < -0.3 is 0 Å². The van der Waals surface area contributed by atoms with Crippen molar-refractivity contribution in [2.24, 2.45) is 0 Å². The SMILES string of the molecule is CC.Cc1ccc(-c2ccccc2)cc1.Cc1cccc2ccccc12. The Balaban J connectivity index is 0.000000173. The first-order valence-corrected chi connectivity index (χ1v) is 9.30. The molecule has 26 heavy (non-hydrogen) atoms. The van der Waals surface area contributed by atoms with E-state index in [1.165, 1.54) is 33.0 Å². The Kier molecular flexibility index (Phi) is 7.64. The molecule has 0 spiro atoms. The summed E-state index contributed by atoms with van der Waals surface area (Å²) in [6, 6.07) is 33.9. The number of fused-ring (bicyclic) bond motifs is 1. The second kappa shape index (κ2) is 10.2. The molecule has 4 aromatic carbocycles. The standard InChI is InChI=1S/C13H12.C11H10.C2H6/c1-11-7-9-13(10-8-11)12-5-3-2-4-6-12;1-9-5-4-7-10-6-2-3-8-11(9)10;1-2/h2-10H,1H3;2-8H,1H3;1-2H3. The summed E-state index contributed by atoms with van der Waals surface area (Å²) in [7, 11) is 0. The number of hydrogen-bond acceptors (Lipinski definition) is 0. The molecule has 0 heteroatoms. The first kappa shape index (κ1) is 19.5. The van der Waals surface area contributed by atoms with Crippen molar-refractivity contribution in [3.63, 3.8) is 0 Å². The van der Waals surface area contributed by atoms with Crippen LogP contribution in [-0.4, -0.2) is 0 Å². The predicted octanol–water partition coefficient (Wildman–Crippen LogP) is 7.84. The van der Waals surface area contributed by atoms with E-state index in [9.17, 15) is 0 Å². The van der Waals surface area contributed by atoms with Crippen molar-refractivity contribution >= 4 is 10.8 Å². The molecule has 0 fully saturated rings. The van der Waals surface area contributed by atoms with E-state index in [2.05, 4.69) is 105 Å². The number of rotatable bonds is 1. The maximum absolute atomic E-state index is 2.16. The van der Waals surface area contributed by atoms with Gasteiger partial charge in [0.25, 0.3) is 0 Å². The van der Waals surface area contributed by atoms with Crippen LogP contribution in [0.4, 0.5) is 0 Å². The Hall–Kier alpha value is -2.86. The molecule has 0 bridgehead atoms. The summed E-state index contributed by atoms with van der Waals surface area (Å²) in [6.45, 7) is 8.25. The van der Waals surface area contributed by atoms with E-state index < -0.39 is 0 Å². The molecular weight excluding hydrogens is 312 g/mol. The second-order valence-electron chi connectivity index (χ2n) is 6.03. The van der Waals surface area contributed by atoms with Crippen LogP contribution in [0.2, 0.25) is 0 Å². The zero-order valence-corrected chi connectivity index (χ0v) is 16.2. The molecule has 0 saturated carbocycles. The molecule has 0 unspecified atom stereocenters. The van der Waals surface area contributed by atoms with Crippen molar-refractivity contribution in [3.8, 4) is 11.1 Å². The van der Waals surface area contributed by atoms with Gasteiger partial charge in [-0.2, -0.15) is 0 Å². The average molecular weight is 341 g/mol. The Labute approximate surface area is 158 Å². The molecule has 0 aliphatic rings. The van der Waals surface area contributed by atoms with E-state index in [1.807, 2.05) is 19.9 Å². The van der Waals surface area contributed by atoms with Gasteiger partial charge >= 0.3 is 0 Å². The molecule has 0 aromatic heterocycles. The van der Waals surface area contributed by atoms with Gasteiger partial charge in [-0.3, -0.25) is 0 Å². The van der Waals surface area contributed by atoms with Gasteiger partial charge in [0, 0.05) is 0 Å². The second-order valence-corrected chi connectivity index (χ2v) is 6.03. The summed E-state index contributed by atoms with van der Waals surface area (Å²) in [5.74, 6) is 0. The van der Waals surface area contributed by atoms with E-state index in [-0.39, 0.29) is 0 Å². The van der Waals surface area contributed by atoms with Gasteiger partial charge in [-0.25, -0.2) is 0 Å². The van der Waals surface area contributed by atoms with Crippen LogP contribution in [0.1, 0.15) is 25.0 Å². The van der Waals surface area contributed by atoms with Gasteiger partial charge in [0.15, 0.2) is 0 Å². The first-order valence-electron chi connectivity index (χ1n) is 9.30. The fraction of sp³-hybridized carbons (Fsp3) is 0.154. The van der Waals surface area contributed by atoms with E-state index in [1.54, 1.807) is 0 Å². The third kappa shape index (κ3) is 5.32. The number of benzene rings is 4. The van der Waals surface area contributed by atoms with Gasteiger partial charge in [0.2, 0.25) is 0 Å². The molecule has 0 atom stereocenters. The topological polar surface area (TPSA) is 0 Å². The monoisotopic (exact) mass is 340 g/mol. The van der Waals surface area contributed by atoms with Gasteiger partial charge in [0.05, 0.1) is 0 Å². The molecule has 0 saturated heterocycles. The molecule has 0 aliphatic heterocycles. The minimum atomic E-state index is 1.28. The van der Waals surface area contributed by atoms with Crippen LogP contribution in [0, 0.1) is 13.8 Å². The average Bonchev–Trinajstić information content (AvgIpc) is 2.72. The fourth-order valence-corrected chi connectivity index (χ4v) is 2.76. The molecule has 0 radical (unpaired) electrons. The zero-order chi connectivity index (χ0) is 18.8. The van der Waals surface area contributed by atoms with Crippen LogP contribution in [0.15, 0.2) is 97.1 Å². The summed E-state index contributed by atoms with van der Waals surface area (Å²) >= 11 is 0. The normalized spacial score (nSPS) is 9.54. The lowest BCUT2D eigenvalue weighted by Gasteiger charge is -2.00. The lowest BCUT2D eigenvalue weighted by Crippen LogP contribution is -1.76. The molecule has 0 aliphatic carbocycles. The number of hydrogen-bond donors (Lipinski definition) is 0.